The summed E-state index contributed by atoms with van der Waals surface area (Å²) in [4.78, 5) is 0. The third kappa shape index (κ3) is 0.693. The van der Waals surface area contributed by atoms with Gasteiger partial charge in [-0.15, -0.1) is 0 Å². The summed E-state index contributed by atoms with van der Waals surface area (Å²) in [5.41, 5.74) is 5.82. The van der Waals surface area contributed by atoms with E-state index in [0.717, 1.165) is 6.54 Å². The largest absolute Gasteiger partial charge is 0.284 e. The van der Waals surface area contributed by atoms with Crippen molar-refractivity contribution in [2.45, 2.75) is 6.92 Å². The van der Waals surface area contributed by atoms with Gasteiger partial charge in [0.05, 0.1) is 5.70 Å². The van der Waals surface area contributed by atoms with Crippen molar-refractivity contribution in [2.24, 2.45) is 0 Å². The molecular formula is C8H10N2. The Bertz CT molecular complexity index is 236. The standard InChI is InChI=1S/C8H10N2/c1-7-3-2-6-10-8(7)4-5-9-10/h2-4,6,9H,5H2,1H3. The van der Waals surface area contributed by atoms with Gasteiger partial charge in [0, 0.05) is 12.7 Å². The van der Waals surface area contributed by atoms with Gasteiger partial charge in [0.25, 0.3) is 0 Å². The van der Waals surface area contributed by atoms with Crippen molar-refractivity contribution < 1.29 is 0 Å². The third-order valence-electron chi connectivity index (χ3n) is 1.80. The normalized spacial score (nSPS) is 22.3. The molecule has 0 fully saturated rings. The van der Waals surface area contributed by atoms with Crippen LogP contribution in [0.5, 0.6) is 0 Å². The van der Waals surface area contributed by atoms with Crippen LogP contribution in [0.15, 0.2) is 35.7 Å². The third-order valence-corrected chi connectivity index (χ3v) is 1.80. The summed E-state index contributed by atoms with van der Waals surface area (Å²) in [6, 6.07) is 0. The molecule has 1 N–H and O–H groups in total. The Hall–Kier alpha value is -1.02. The number of hydrogen-bond acceptors (Lipinski definition) is 2. The lowest BCUT2D eigenvalue weighted by Crippen LogP contribution is -2.27. The van der Waals surface area contributed by atoms with E-state index in [1.54, 1.807) is 0 Å². The molecule has 0 bridgehead atoms. The number of nitrogens with zero attached hydrogens (tertiary/aromatic N) is 1. The minimum absolute atomic E-state index is 0.949. The van der Waals surface area contributed by atoms with Crippen LogP contribution in [0.3, 0.4) is 0 Å². The van der Waals surface area contributed by atoms with Crippen LogP contribution in [0, 0.1) is 0 Å². The average molecular weight is 134 g/mol. The molecule has 2 nitrogen and oxygen atoms in total. The molecule has 0 aromatic heterocycles. The van der Waals surface area contributed by atoms with Gasteiger partial charge >= 0.3 is 0 Å². The monoisotopic (exact) mass is 134 g/mol. The van der Waals surface area contributed by atoms with Gasteiger partial charge in [-0.25, -0.2) is 5.43 Å². The summed E-state index contributed by atoms with van der Waals surface area (Å²) in [5.74, 6) is 0. The van der Waals surface area contributed by atoms with Gasteiger partial charge in [0.15, 0.2) is 0 Å². The van der Waals surface area contributed by atoms with Crippen molar-refractivity contribution in [1.82, 2.24) is 10.4 Å². The number of nitrogens with one attached hydrogen (secondary N) is 1. The van der Waals surface area contributed by atoms with Crippen LogP contribution in [0.4, 0.5) is 0 Å². The average Bonchev–Trinajstić information content (AvgIpc) is 2.36. The minimum Gasteiger partial charge on any atom is -0.284 e. The van der Waals surface area contributed by atoms with Crippen molar-refractivity contribution in [3.05, 3.63) is 35.7 Å². The Morgan fingerprint density at radius 3 is 3.30 bits per heavy atom. The van der Waals surface area contributed by atoms with Crippen LogP contribution in [0.2, 0.25) is 0 Å². The fourth-order valence-corrected chi connectivity index (χ4v) is 1.27. The molecule has 2 heteroatoms. The lowest BCUT2D eigenvalue weighted by Gasteiger charge is -2.20. The Morgan fingerprint density at radius 2 is 2.50 bits per heavy atom. The van der Waals surface area contributed by atoms with E-state index in [9.17, 15) is 0 Å². The number of hydrazine groups is 1. The lowest BCUT2D eigenvalue weighted by atomic mass is 10.1. The second-order valence-corrected chi connectivity index (χ2v) is 2.51. The van der Waals surface area contributed by atoms with Crippen molar-refractivity contribution in [3.63, 3.8) is 0 Å². The van der Waals surface area contributed by atoms with Crippen LogP contribution >= 0.6 is 0 Å². The first-order valence-electron chi connectivity index (χ1n) is 3.46. The van der Waals surface area contributed by atoms with Crippen LogP contribution < -0.4 is 5.43 Å². The van der Waals surface area contributed by atoms with E-state index >= 15 is 0 Å². The molecule has 10 heavy (non-hydrogen) atoms. The van der Waals surface area contributed by atoms with E-state index in [4.69, 9.17) is 0 Å². The van der Waals surface area contributed by atoms with Crippen LogP contribution in [-0.4, -0.2) is 11.6 Å². The van der Waals surface area contributed by atoms with E-state index in [1.807, 2.05) is 12.3 Å². The van der Waals surface area contributed by atoms with Crippen LogP contribution in [0.1, 0.15) is 6.92 Å². The summed E-state index contributed by atoms with van der Waals surface area (Å²) in [6.45, 7) is 3.07. The molecule has 0 atom stereocenters. The Kier molecular flexibility index (Phi) is 1.14. The highest BCUT2D eigenvalue weighted by Crippen LogP contribution is 2.20. The van der Waals surface area contributed by atoms with E-state index in [-0.39, 0.29) is 0 Å². The lowest BCUT2D eigenvalue weighted by molar-refractivity contribution is 0.390. The van der Waals surface area contributed by atoms with Gasteiger partial charge in [-0.3, -0.25) is 5.01 Å². The molecule has 52 valence electrons. The first kappa shape index (κ1) is 5.74. The molecule has 2 heterocycles. The summed E-state index contributed by atoms with van der Waals surface area (Å²) >= 11 is 0. The minimum atomic E-state index is 0.949. The predicted octanol–water partition coefficient (Wildman–Crippen LogP) is 1.16. The maximum Gasteiger partial charge on any atom is 0.0573 e. The molecule has 0 saturated carbocycles. The molecule has 2 rings (SSSR count). The SMILES string of the molecule is CC1=CC=CN2NCC=C12. The fourth-order valence-electron chi connectivity index (χ4n) is 1.27. The Labute approximate surface area is 60.5 Å². The van der Waals surface area contributed by atoms with Crippen LogP contribution in [0.25, 0.3) is 0 Å². The molecule has 0 aromatic rings. The topological polar surface area (TPSA) is 15.3 Å². The fraction of sp³-hybridized carbons (Fsp3) is 0.250. The zero-order valence-corrected chi connectivity index (χ0v) is 5.96. The molecule has 0 unspecified atom stereocenters. The summed E-state index contributed by atoms with van der Waals surface area (Å²) in [6.07, 6.45) is 8.39. The molecule has 0 aliphatic carbocycles. The molecule has 0 saturated heterocycles. The highest BCUT2D eigenvalue weighted by Gasteiger charge is 2.14. The quantitative estimate of drug-likeness (QED) is 0.535. The smallest absolute Gasteiger partial charge is 0.0573 e. The van der Waals surface area contributed by atoms with Crippen molar-refractivity contribution in [3.8, 4) is 0 Å². The van der Waals surface area contributed by atoms with E-state index in [1.165, 1.54) is 11.3 Å². The van der Waals surface area contributed by atoms with Gasteiger partial charge in [-0.05, 0) is 24.6 Å². The summed E-state index contributed by atoms with van der Waals surface area (Å²) in [7, 11) is 0. The molecule has 0 aromatic carbocycles. The maximum absolute atomic E-state index is 3.20. The molecule has 2 aliphatic heterocycles. The zero-order valence-electron chi connectivity index (χ0n) is 5.96. The van der Waals surface area contributed by atoms with Crippen molar-refractivity contribution in [2.75, 3.05) is 6.54 Å². The van der Waals surface area contributed by atoms with Gasteiger partial charge in [0.1, 0.15) is 0 Å². The zero-order chi connectivity index (χ0) is 6.97. The summed E-state index contributed by atoms with van der Waals surface area (Å²) in [5, 5.41) is 2.05. The molecule has 0 radical (unpaired) electrons. The van der Waals surface area contributed by atoms with Gasteiger partial charge in [0.2, 0.25) is 0 Å². The van der Waals surface area contributed by atoms with E-state index in [0.29, 0.717) is 0 Å². The molecule has 0 spiro atoms. The number of allylic oxidation sites excluding steroid dienone is 3. The van der Waals surface area contributed by atoms with Crippen molar-refractivity contribution >= 4 is 0 Å². The van der Waals surface area contributed by atoms with E-state index < -0.39 is 0 Å². The van der Waals surface area contributed by atoms with Gasteiger partial charge in [-0.1, -0.05) is 6.08 Å². The highest BCUT2D eigenvalue weighted by atomic mass is 15.5. The molecule has 2 aliphatic rings. The molecular weight excluding hydrogens is 124 g/mol. The Morgan fingerprint density at radius 1 is 1.60 bits per heavy atom. The Balaban J connectivity index is 2.38. The first-order chi connectivity index (χ1) is 4.88. The molecule has 0 amide bonds. The number of rotatable bonds is 0. The highest BCUT2D eigenvalue weighted by molar-refractivity contribution is 5.37. The second kappa shape index (κ2) is 1.99. The second-order valence-electron chi connectivity index (χ2n) is 2.51. The number of fused-ring (bicyclic) bond motifs is 1. The summed E-state index contributed by atoms with van der Waals surface area (Å²) < 4.78 is 0. The van der Waals surface area contributed by atoms with Gasteiger partial charge < -0.3 is 0 Å². The van der Waals surface area contributed by atoms with Crippen molar-refractivity contribution in [1.29, 1.82) is 0 Å². The van der Waals surface area contributed by atoms with E-state index in [2.05, 4.69) is 29.5 Å². The maximum atomic E-state index is 3.20. The first-order valence-corrected chi connectivity index (χ1v) is 3.46. The van der Waals surface area contributed by atoms with Crippen LogP contribution in [-0.2, 0) is 0 Å². The predicted molar refractivity (Wildman–Crippen MR) is 40.8 cm³/mol. The van der Waals surface area contributed by atoms with Gasteiger partial charge in [-0.2, -0.15) is 0 Å². The number of hydrogen-bond donors (Lipinski definition) is 1.